The molecule has 5 N–H and O–H groups in total. The summed E-state index contributed by atoms with van der Waals surface area (Å²) in [7, 11) is 3.53. The minimum absolute atomic E-state index is 0.119. The van der Waals surface area contributed by atoms with Crippen molar-refractivity contribution in [2.45, 2.75) is 44.1 Å². The van der Waals surface area contributed by atoms with Crippen molar-refractivity contribution < 1.29 is 44.3 Å². The number of amides is 1. The molecule has 0 atom stereocenters. The van der Waals surface area contributed by atoms with Crippen LogP contribution < -0.4 is 10.1 Å². The number of aromatic nitrogens is 1. The van der Waals surface area contributed by atoms with E-state index < -0.39 is 36.4 Å². The van der Waals surface area contributed by atoms with Gasteiger partial charge in [-0.15, -0.1) is 11.3 Å². The third-order valence-electron chi connectivity index (χ3n) is 6.14. The van der Waals surface area contributed by atoms with Gasteiger partial charge in [0.1, 0.15) is 5.75 Å². The van der Waals surface area contributed by atoms with E-state index in [1.54, 1.807) is 7.11 Å². The average Bonchev–Trinajstić information content (AvgIpc) is 3.34. The standard InChI is InChI=1S/C20H28N4O2S.C6H8O7/c1-23(12-13-24-10-4-3-5-11-24)19(25)14-17-15-27-20(22-17)21-16-6-8-18(26-2)9-7-16;7-3(8)1-6(13,5(11)12)2-4(9)10/h6-9,15H,3-5,10-14H2,1-2H3,(H,21,22);13H,1-2H2,(H,7,8)(H,9,10)(H,11,12). The molecule has 1 aromatic carbocycles. The van der Waals surface area contributed by atoms with Gasteiger partial charge in [-0.1, -0.05) is 6.42 Å². The van der Waals surface area contributed by atoms with Gasteiger partial charge in [0.05, 0.1) is 32.1 Å². The molecule has 2 heterocycles. The van der Waals surface area contributed by atoms with Crippen LogP contribution in [0.3, 0.4) is 0 Å². The first kappa shape index (κ1) is 32.5. The fraction of sp³-hybridized carbons (Fsp3) is 0.500. The fourth-order valence-corrected chi connectivity index (χ4v) is 4.58. The summed E-state index contributed by atoms with van der Waals surface area (Å²) in [6.45, 7) is 4.06. The predicted octanol–water partition coefficient (Wildman–Crippen LogP) is 2.13. The molecule has 1 amide bonds. The number of methoxy groups -OCH3 is 1. The zero-order valence-electron chi connectivity index (χ0n) is 22.5. The predicted molar refractivity (Wildman–Crippen MR) is 147 cm³/mol. The summed E-state index contributed by atoms with van der Waals surface area (Å²) in [5.41, 5.74) is -0.981. The molecule has 0 saturated carbocycles. The largest absolute Gasteiger partial charge is 0.497 e. The van der Waals surface area contributed by atoms with E-state index >= 15 is 0 Å². The van der Waals surface area contributed by atoms with E-state index in [9.17, 15) is 19.2 Å². The van der Waals surface area contributed by atoms with Crippen molar-refractivity contribution in [2.75, 3.05) is 45.7 Å². The number of aliphatic carboxylic acids is 3. The molecule has 1 aliphatic heterocycles. The van der Waals surface area contributed by atoms with Gasteiger partial charge in [-0.3, -0.25) is 14.4 Å². The van der Waals surface area contributed by atoms with Crippen molar-refractivity contribution >= 4 is 46.0 Å². The molecule has 2 aromatic rings. The molecule has 0 spiro atoms. The highest BCUT2D eigenvalue weighted by Crippen LogP contribution is 2.23. The number of likely N-dealkylation sites (N-methyl/N-ethyl adjacent to an activating group) is 1. The summed E-state index contributed by atoms with van der Waals surface area (Å²) in [6.07, 6.45) is 1.95. The van der Waals surface area contributed by atoms with Crippen LogP contribution >= 0.6 is 11.3 Å². The van der Waals surface area contributed by atoms with E-state index in [1.807, 2.05) is 41.6 Å². The second-order valence-corrected chi connectivity index (χ2v) is 10.2. The Kier molecular flexibility index (Phi) is 12.8. The van der Waals surface area contributed by atoms with E-state index in [0.717, 1.165) is 48.4 Å². The number of carboxylic acid groups (broad SMARTS) is 3. The third-order valence-corrected chi connectivity index (χ3v) is 6.94. The van der Waals surface area contributed by atoms with Gasteiger partial charge < -0.3 is 40.3 Å². The number of piperidine rings is 1. The summed E-state index contributed by atoms with van der Waals surface area (Å²) < 4.78 is 5.16. The van der Waals surface area contributed by atoms with E-state index in [4.69, 9.17) is 25.2 Å². The number of benzene rings is 1. The molecule has 0 radical (unpaired) electrons. The molecule has 14 heteroatoms. The molecule has 13 nitrogen and oxygen atoms in total. The second-order valence-electron chi connectivity index (χ2n) is 9.37. The van der Waals surface area contributed by atoms with E-state index in [0.29, 0.717) is 6.42 Å². The Bertz CT molecular complexity index is 1120. The van der Waals surface area contributed by atoms with Gasteiger partial charge in [0.2, 0.25) is 5.91 Å². The Morgan fingerprint density at radius 2 is 1.65 bits per heavy atom. The van der Waals surface area contributed by atoms with E-state index in [2.05, 4.69) is 15.2 Å². The normalized spacial score (nSPS) is 13.5. The van der Waals surface area contributed by atoms with E-state index in [-0.39, 0.29) is 5.91 Å². The molecule has 0 aliphatic carbocycles. The summed E-state index contributed by atoms with van der Waals surface area (Å²) in [6, 6.07) is 7.69. The molecule has 0 bridgehead atoms. The number of nitrogens with one attached hydrogen (secondary N) is 1. The Hall–Kier alpha value is -3.75. The topological polar surface area (TPSA) is 190 Å². The Morgan fingerprint density at radius 3 is 2.17 bits per heavy atom. The van der Waals surface area contributed by atoms with Crippen molar-refractivity contribution in [2.24, 2.45) is 0 Å². The zero-order valence-corrected chi connectivity index (χ0v) is 23.4. The molecule has 1 fully saturated rings. The number of carbonyl (C=O) groups excluding carboxylic acids is 1. The van der Waals surface area contributed by atoms with E-state index in [1.165, 1.54) is 30.6 Å². The van der Waals surface area contributed by atoms with Crippen LogP contribution in [0.15, 0.2) is 29.6 Å². The number of carbonyl (C=O) groups is 4. The molecule has 220 valence electrons. The van der Waals surface area contributed by atoms with Crippen molar-refractivity contribution in [1.82, 2.24) is 14.8 Å². The van der Waals surface area contributed by atoms with Crippen LogP contribution in [-0.2, 0) is 25.6 Å². The number of hydrogen-bond acceptors (Lipinski definition) is 10. The van der Waals surface area contributed by atoms with Crippen LogP contribution in [0.5, 0.6) is 5.75 Å². The highest BCUT2D eigenvalue weighted by atomic mass is 32.1. The monoisotopic (exact) mass is 580 g/mol. The van der Waals surface area contributed by atoms with Crippen molar-refractivity contribution in [3.63, 3.8) is 0 Å². The summed E-state index contributed by atoms with van der Waals surface area (Å²) in [5, 5.41) is 39.8. The van der Waals surface area contributed by atoms with Crippen LogP contribution in [0.4, 0.5) is 10.8 Å². The number of carboxylic acids is 3. The van der Waals surface area contributed by atoms with Crippen molar-refractivity contribution in [3.8, 4) is 5.75 Å². The Morgan fingerprint density at radius 1 is 1.05 bits per heavy atom. The first-order valence-corrected chi connectivity index (χ1v) is 13.5. The zero-order chi connectivity index (χ0) is 29.7. The SMILES string of the molecule is COc1ccc(Nc2nc(CC(=O)N(C)CCN3CCCCC3)cs2)cc1.O=C(O)CC(O)(CC(=O)O)C(=O)O. The van der Waals surface area contributed by atoms with Gasteiger partial charge in [-0.25, -0.2) is 9.78 Å². The molecule has 1 aliphatic rings. The van der Waals surface area contributed by atoms with Gasteiger partial charge in [0.25, 0.3) is 0 Å². The summed E-state index contributed by atoms with van der Waals surface area (Å²) in [4.78, 5) is 51.8. The number of ether oxygens (including phenoxy) is 1. The maximum atomic E-state index is 12.5. The smallest absolute Gasteiger partial charge is 0.336 e. The number of nitrogens with zero attached hydrogens (tertiary/aromatic N) is 3. The minimum Gasteiger partial charge on any atom is -0.497 e. The molecule has 40 heavy (non-hydrogen) atoms. The van der Waals surface area contributed by atoms with Gasteiger partial charge in [0.15, 0.2) is 10.7 Å². The third kappa shape index (κ3) is 11.2. The van der Waals surface area contributed by atoms with Crippen LogP contribution in [-0.4, -0.2) is 105 Å². The fourth-order valence-electron chi connectivity index (χ4n) is 3.85. The number of thiazole rings is 1. The van der Waals surface area contributed by atoms with Gasteiger partial charge in [-0.2, -0.15) is 0 Å². The van der Waals surface area contributed by atoms with Gasteiger partial charge in [0, 0.05) is 31.2 Å². The number of rotatable bonds is 13. The summed E-state index contributed by atoms with van der Waals surface area (Å²) >= 11 is 1.51. The maximum absolute atomic E-state index is 12.5. The van der Waals surface area contributed by atoms with Crippen molar-refractivity contribution in [3.05, 3.63) is 35.3 Å². The first-order chi connectivity index (χ1) is 18.9. The summed E-state index contributed by atoms with van der Waals surface area (Å²) in [5.74, 6) is -4.08. The molecule has 1 aromatic heterocycles. The quantitative estimate of drug-likeness (QED) is 0.232. The van der Waals surface area contributed by atoms with Crippen LogP contribution in [0, 0.1) is 0 Å². The highest BCUT2D eigenvalue weighted by Gasteiger charge is 2.40. The second kappa shape index (κ2) is 15.7. The molecule has 0 unspecified atom stereocenters. The Labute approximate surface area is 236 Å². The lowest BCUT2D eigenvalue weighted by molar-refractivity contribution is -0.170. The Balaban J connectivity index is 0.000000366. The number of hydrogen-bond donors (Lipinski definition) is 5. The van der Waals surface area contributed by atoms with Crippen LogP contribution in [0.1, 0.15) is 37.8 Å². The highest BCUT2D eigenvalue weighted by molar-refractivity contribution is 7.13. The lowest BCUT2D eigenvalue weighted by Gasteiger charge is -2.28. The number of anilines is 2. The molecule has 1 saturated heterocycles. The lowest BCUT2D eigenvalue weighted by Crippen LogP contribution is -2.42. The minimum atomic E-state index is -2.74. The first-order valence-electron chi connectivity index (χ1n) is 12.6. The molecular formula is C26H36N4O9S. The van der Waals surface area contributed by atoms with Crippen molar-refractivity contribution in [1.29, 1.82) is 0 Å². The van der Waals surface area contributed by atoms with Crippen LogP contribution in [0.25, 0.3) is 0 Å². The lowest BCUT2D eigenvalue weighted by atomic mass is 9.96. The number of aliphatic hydroxyl groups is 1. The molecule has 3 rings (SSSR count). The van der Waals surface area contributed by atoms with Crippen LogP contribution in [0.2, 0.25) is 0 Å². The average molecular weight is 581 g/mol. The molecular weight excluding hydrogens is 544 g/mol. The number of likely N-dealkylation sites (tertiary alicyclic amines) is 1. The van der Waals surface area contributed by atoms with Gasteiger partial charge in [-0.05, 0) is 50.2 Å². The maximum Gasteiger partial charge on any atom is 0.336 e. The van der Waals surface area contributed by atoms with Gasteiger partial charge >= 0.3 is 17.9 Å².